The van der Waals surface area contributed by atoms with Crippen LogP contribution in [0.25, 0.3) is 0 Å². The van der Waals surface area contributed by atoms with Crippen LogP contribution in [0.3, 0.4) is 0 Å². The number of rotatable bonds is 9. The van der Waals surface area contributed by atoms with Gasteiger partial charge in [0.2, 0.25) is 5.91 Å². The lowest BCUT2D eigenvalue weighted by atomic mass is 9.70. The number of carbonyl (C=O) groups excluding carboxylic acids is 2. The average Bonchev–Trinajstić information content (AvgIpc) is 2.87. The molecule has 2 aromatic rings. The number of hydrogen-bond donors (Lipinski definition) is 3. The van der Waals surface area contributed by atoms with Gasteiger partial charge in [-0.25, -0.2) is 4.79 Å². The van der Waals surface area contributed by atoms with Gasteiger partial charge in [0.15, 0.2) is 0 Å². The first-order chi connectivity index (χ1) is 17.3. The number of nitrogens with zero attached hydrogens (tertiary/aromatic N) is 1. The molecule has 0 fully saturated rings. The van der Waals surface area contributed by atoms with Crippen LogP contribution in [-0.4, -0.2) is 25.6 Å². The lowest BCUT2D eigenvalue weighted by molar-refractivity contribution is -0.122. The number of nitriles is 1. The molecule has 7 nitrogen and oxygen atoms in total. The summed E-state index contributed by atoms with van der Waals surface area (Å²) < 4.78 is 5.21. The highest BCUT2D eigenvalue weighted by atomic mass is 16.5. The van der Waals surface area contributed by atoms with E-state index < -0.39 is 0 Å². The number of nitrogens with one attached hydrogen (secondary N) is 3. The number of carbonyl (C=O) groups is 2. The molecule has 3 N–H and O–H groups in total. The van der Waals surface area contributed by atoms with Crippen molar-refractivity contribution in [3.8, 4) is 11.8 Å². The normalized spacial score (nSPS) is 19.1. The maximum atomic E-state index is 12.7. The minimum absolute atomic E-state index is 0.0221. The second-order valence-electron chi connectivity index (χ2n) is 9.77. The van der Waals surface area contributed by atoms with Crippen molar-refractivity contribution in [2.75, 3.05) is 19.0 Å². The summed E-state index contributed by atoms with van der Waals surface area (Å²) >= 11 is 0. The van der Waals surface area contributed by atoms with Gasteiger partial charge in [0.25, 0.3) is 0 Å². The van der Waals surface area contributed by atoms with Crippen molar-refractivity contribution in [1.29, 1.82) is 5.26 Å². The number of urea groups is 1. The van der Waals surface area contributed by atoms with Crippen LogP contribution in [0.15, 0.2) is 60.2 Å². The maximum absolute atomic E-state index is 12.7. The average molecular weight is 489 g/mol. The van der Waals surface area contributed by atoms with Gasteiger partial charge < -0.3 is 20.7 Å². The van der Waals surface area contributed by atoms with Gasteiger partial charge in [-0.1, -0.05) is 43.7 Å². The van der Waals surface area contributed by atoms with Crippen molar-refractivity contribution in [3.63, 3.8) is 0 Å². The van der Waals surface area contributed by atoms with Gasteiger partial charge in [-0.05, 0) is 66.8 Å². The molecule has 0 aromatic heterocycles. The molecule has 190 valence electrons. The topological polar surface area (TPSA) is 103 Å². The first kappa shape index (κ1) is 26.8. The molecule has 0 saturated heterocycles. The van der Waals surface area contributed by atoms with Gasteiger partial charge in [0.05, 0.1) is 18.7 Å². The van der Waals surface area contributed by atoms with E-state index in [9.17, 15) is 9.59 Å². The number of methoxy groups -OCH3 is 1. The van der Waals surface area contributed by atoms with Crippen molar-refractivity contribution in [1.82, 2.24) is 10.6 Å². The Balaban J connectivity index is 1.54. The molecule has 0 bridgehead atoms. The molecule has 0 unspecified atom stereocenters. The van der Waals surface area contributed by atoms with E-state index in [1.807, 2.05) is 30.3 Å². The molecule has 0 aliphatic heterocycles. The zero-order valence-electron chi connectivity index (χ0n) is 21.5. The van der Waals surface area contributed by atoms with Crippen LogP contribution in [0.5, 0.6) is 5.75 Å². The number of benzene rings is 2. The summed E-state index contributed by atoms with van der Waals surface area (Å²) in [6, 6.07) is 16.3. The first-order valence-electron chi connectivity index (χ1n) is 12.4. The molecule has 0 radical (unpaired) electrons. The van der Waals surface area contributed by atoms with E-state index in [1.165, 1.54) is 5.57 Å². The fourth-order valence-electron chi connectivity index (χ4n) is 4.79. The molecular formula is C29H36N4O3. The minimum Gasteiger partial charge on any atom is -0.497 e. The molecule has 3 rings (SSSR count). The van der Waals surface area contributed by atoms with E-state index in [4.69, 9.17) is 10.00 Å². The van der Waals surface area contributed by atoms with E-state index in [1.54, 1.807) is 25.3 Å². The van der Waals surface area contributed by atoms with Crippen molar-refractivity contribution < 1.29 is 14.3 Å². The third-order valence-electron chi connectivity index (χ3n) is 6.91. The second-order valence-corrected chi connectivity index (χ2v) is 9.77. The van der Waals surface area contributed by atoms with Gasteiger partial charge in [0.1, 0.15) is 5.75 Å². The van der Waals surface area contributed by atoms with E-state index in [0.29, 0.717) is 48.3 Å². The minimum atomic E-state index is -0.249. The van der Waals surface area contributed by atoms with Crippen LogP contribution in [0.4, 0.5) is 10.5 Å². The number of hydrogen-bond acceptors (Lipinski definition) is 4. The summed E-state index contributed by atoms with van der Waals surface area (Å²) in [5.41, 5.74) is 3.45. The van der Waals surface area contributed by atoms with Gasteiger partial charge in [0, 0.05) is 31.3 Å². The van der Waals surface area contributed by atoms with Gasteiger partial charge in [-0.15, -0.1) is 0 Å². The van der Waals surface area contributed by atoms with Gasteiger partial charge in [-0.3, -0.25) is 4.79 Å². The highest BCUT2D eigenvalue weighted by Crippen LogP contribution is 2.38. The summed E-state index contributed by atoms with van der Waals surface area (Å²) in [6.45, 7) is 7.46. The fraction of sp³-hybridized carbons (Fsp3) is 0.414. The standard InChI is InChI=1S/C29H36N4O3/c1-19(2)27-13-23(14-28(34)31-17-22-10-8-21(16-30)9-11-22)20(3)12-24(27)18-32-29(35)33-25-6-5-7-26(15-25)36-4/h5-12,15,19,23-24,27H,13-14,17-18H2,1-4H3,(H,31,34)(H2,32,33,35)/t23-,24-,27-/m0/s1. The van der Waals surface area contributed by atoms with Crippen LogP contribution in [-0.2, 0) is 11.3 Å². The summed E-state index contributed by atoms with van der Waals surface area (Å²) in [5.74, 6) is 1.88. The van der Waals surface area contributed by atoms with Gasteiger partial charge in [-0.2, -0.15) is 5.26 Å². The third kappa shape index (κ3) is 7.61. The highest BCUT2D eigenvalue weighted by molar-refractivity contribution is 5.89. The Bertz CT molecular complexity index is 1120. The molecule has 7 heteroatoms. The van der Waals surface area contributed by atoms with Crippen molar-refractivity contribution in [3.05, 3.63) is 71.3 Å². The number of ether oxygens (including phenoxy) is 1. The van der Waals surface area contributed by atoms with Crippen LogP contribution in [0.2, 0.25) is 0 Å². The number of amides is 3. The zero-order valence-corrected chi connectivity index (χ0v) is 21.5. The third-order valence-corrected chi connectivity index (χ3v) is 6.91. The summed E-state index contributed by atoms with van der Waals surface area (Å²) in [6.07, 6.45) is 3.59. The lowest BCUT2D eigenvalue weighted by Crippen LogP contribution is -2.39. The SMILES string of the molecule is COc1cccc(NC(=O)NC[C@@H]2C=C(C)[C@H](CC(=O)NCc3ccc(C#N)cc3)C[C@H]2C(C)C)c1. The van der Waals surface area contributed by atoms with E-state index >= 15 is 0 Å². The quantitative estimate of drug-likeness (QED) is 0.420. The zero-order chi connectivity index (χ0) is 26.1. The van der Waals surface area contributed by atoms with Crippen molar-refractivity contribution in [2.45, 2.75) is 40.2 Å². The summed E-state index contributed by atoms with van der Waals surface area (Å²) in [5, 5.41) is 17.8. The maximum Gasteiger partial charge on any atom is 0.319 e. The Hall–Kier alpha value is -3.79. The largest absolute Gasteiger partial charge is 0.497 e. The van der Waals surface area contributed by atoms with Crippen LogP contribution >= 0.6 is 0 Å². The van der Waals surface area contributed by atoms with E-state index in [0.717, 1.165) is 12.0 Å². The number of anilines is 1. The Labute approximate surface area is 213 Å². The highest BCUT2D eigenvalue weighted by Gasteiger charge is 2.32. The van der Waals surface area contributed by atoms with Crippen LogP contribution < -0.4 is 20.7 Å². The Morgan fingerprint density at radius 2 is 1.89 bits per heavy atom. The second kappa shape index (κ2) is 12.8. The Kier molecular flexibility index (Phi) is 9.52. The molecule has 3 atom stereocenters. The molecule has 0 heterocycles. The van der Waals surface area contributed by atoms with Crippen LogP contribution in [0, 0.1) is 35.0 Å². The first-order valence-corrected chi connectivity index (χ1v) is 12.4. The molecule has 1 aliphatic rings. The van der Waals surface area contributed by atoms with Gasteiger partial charge >= 0.3 is 6.03 Å². The molecule has 36 heavy (non-hydrogen) atoms. The molecular weight excluding hydrogens is 452 g/mol. The predicted octanol–water partition coefficient (Wildman–Crippen LogP) is 5.25. The smallest absolute Gasteiger partial charge is 0.319 e. The van der Waals surface area contributed by atoms with Crippen LogP contribution in [0.1, 0.15) is 44.7 Å². The fourth-order valence-corrected chi connectivity index (χ4v) is 4.79. The molecule has 0 spiro atoms. The summed E-state index contributed by atoms with van der Waals surface area (Å²) in [7, 11) is 1.59. The molecule has 0 saturated carbocycles. The van der Waals surface area contributed by atoms with Crippen molar-refractivity contribution >= 4 is 17.6 Å². The summed E-state index contributed by atoms with van der Waals surface area (Å²) in [4.78, 5) is 25.2. The monoisotopic (exact) mass is 488 g/mol. The van der Waals surface area contributed by atoms with E-state index in [-0.39, 0.29) is 23.8 Å². The Morgan fingerprint density at radius 1 is 1.14 bits per heavy atom. The Morgan fingerprint density at radius 3 is 2.56 bits per heavy atom. The predicted molar refractivity (Wildman–Crippen MR) is 141 cm³/mol. The van der Waals surface area contributed by atoms with E-state index in [2.05, 4.69) is 48.9 Å². The van der Waals surface area contributed by atoms with Crippen molar-refractivity contribution in [2.24, 2.45) is 23.7 Å². The number of allylic oxidation sites excluding steroid dienone is 1. The lowest BCUT2D eigenvalue weighted by Gasteiger charge is -2.37. The molecule has 3 amide bonds. The molecule has 2 aromatic carbocycles. The molecule has 1 aliphatic carbocycles.